The molecule has 2 rings (SSSR count). The molecular weight excluding hydrogens is 262 g/mol. The number of benzene rings is 1. The summed E-state index contributed by atoms with van der Waals surface area (Å²) < 4.78 is 0. The average molecular weight is 273 g/mol. The highest BCUT2D eigenvalue weighted by Gasteiger charge is 2.09. The first-order valence-corrected chi connectivity index (χ1v) is 5.57. The molecule has 2 aromatic rings. The number of pyridine rings is 1. The molecule has 0 amide bonds. The fourth-order valence-electron chi connectivity index (χ4n) is 1.47. The van der Waals surface area contributed by atoms with Gasteiger partial charge in [0.05, 0.1) is 6.21 Å². The number of nitrogens with one attached hydrogen (secondary N) is 1. The van der Waals surface area contributed by atoms with Crippen molar-refractivity contribution in [2.75, 3.05) is 5.43 Å². The third kappa shape index (κ3) is 3.02. The molecule has 102 valence electrons. The number of carbonyl (C=O) groups is 1. The highest BCUT2D eigenvalue weighted by molar-refractivity contribution is 5.93. The number of phenolic OH excluding ortho intramolecular Hbond substituents is 2. The lowest BCUT2D eigenvalue weighted by atomic mass is 10.2. The molecule has 0 radical (unpaired) electrons. The van der Waals surface area contributed by atoms with Crippen molar-refractivity contribution < 1.29 is 20.1 Å². The Balaban J connectivity index is 2.16. The Morgan fingerprint density at radius 3 is 2.80 bits per heavy atom. The molecule has 7 heteroatoms. The second-order valence-electron chi connectivity index (χ2n) is 3.82. The van der Waals surface area contributed by atoms with Crippen LogP contribution >= 0.6 is 0 Å². The number of aromatic nitrogens is 1. The zero-order chi connectivity index (χ0) is 14.5. The van der Waals surface area contributed by atoms with Gasteiger partial charge in [0.15, 0.2) is 5.82 Å². The van der Waals surface area contributed by atoms with Crippen molar-refractivity contribution in [3.63, 3.8) is 0 Å². The van der Waals surface area contributed by atoms with Gasteiger partial charge in [-0.3, -0.25) is 5.43 Å². The zero-order valence-corrected chi connectivity index (χ0v) is 10.2. The van der Waals surface area contributed by atoms with Gasteiger partial charge in [-0.15, -0.1) is 0 Å². The number of anilines is 1. The van der Waals surface area contributed by atoms with E-state index in [9.17, 15) is 9.90 Å². The first-order valence-electron chi connectivity index (χ1n) is 5.57. The maximum Gasteiger partial charge on any atom is 0.339 e. The van der Waals surface area contributed by atoms with Crippen LogP contribution in [0.15, 0.2) is 41.6 Å². The summed E-state index contributed by atoms with van der Waals surface area (Å²) in [4.78, 5) is 14.8. The van der Waals surface area contributed by atoms with Crippen LogP contribution in [-0.2, 0) is 0 Å². The summed E-state index contributed by atoms with van der Waals surface area (Å²) in [5.41, 5.74) is 2.84. The van der Waals surface area contributed by atoms with Crippen LogP contribution < -0.4 is 5.43 Å². The monoisotopic (exact) mass is 273 g/mol. The van der Waals surface area contributed by atoms with Gasteiger partial charge >= 0.3 is 5.97 Å². The summed E-state index contributed by atoms with van der Waals surface area (Å²) >= 11 is 0. The number of rotatable bonds is 4. The van der Waals surface area contributed by atoms with Crippen LogP contribution in [0.2, 0.25) is 0 Å². The van der Waals surface area contributed by atoms with Gasteiger partial charge in [0, 0.05) is 17.8 Å². The van der Waals surface area contributed by atoms with Gasteiger partial charge in [-0.2, -0.15) is 5.10 Å². The third-order valence-corrected chi connectivity index (χ3v) is 2.43. The number of carboxylic acids is 1. The smallest absolute Gasteiger partial charge is 0.339 e. The van der Waals surface area contributed by atoms with Crippen LogP contribution in [0.1, 0.15) is 15.9 Å². The number of hydrogen-bond donors (Lipinski definition) is 4. The number of aromatic carboxylic acids is 1. The van der Waals surface area contributed by atoms with Crippen molar-refractivity contribution in [2.24, 2.45) is 5.10 Å². The summed E-state index contributed by atoms with van der Waals surface area (Å²) in [5, 5.41) is 31.4. The van der Waals surface area contributed by atoms with Crippen LogP contribution in [0.3, 0.4) is 0 Å². The van der Waals surface area contributed by atoms with Crippen molar-refractivity contribution in [2.45, 2.75) is 0 Å². The molecule has 0 aliphatic carbocycles. The summed E-state index contributed by atoms with van der Waals surface area (Å²) in [5.74, 6) is -1.24. The molecule has 0 aliphatic heterocycles. The predicted octanol–water partition coefficient (Wildman–Crippen LogP) is 1.64. The van der Waals surface area contributed by atoms with Crippen LogP contribution in [0, 0.1) is 0 Å². The number of nitrogens with zero attached hydrogens (tertiary/aromatic N) is 2. The number of hydrazone groups is 1. The van der Waals surface area contributed by atoms with Gasteiger partial charge in [-0.1, -0.05) is 0 Å². The number of hydrogen-bond acceptors (Lipinski definition) is 6. The van der Waals surface area contributed by atoms with Crippen LogP contribution in [0.25, 0.3) is 0 Å². The summed E-state index contributed by atoms with van der Waals surface area (Å²) in [7, 11) is 0. The van der Waals surface area contributed by atoms with E-state index in [2.05, 4.69) is 15.5 Å². The van der Waals surface area contributed by atoms with Crippen LogP contribution in [0.4, 0.5) is 5.82 Å². The van der Waals surface area contributed by atoms with Crippen LogP contribution in [0.5, 0.6) is 11.5 Å². The quantitative estimate of drug-likeness (QED) is 0.497. The normalized spacial score (nSPS) is 10.6. The van der Waals surface area contributed by atoms with Crippen molar-refractivity contribution in [1.82, 2.24) is 4.98 Å². The fourth-order valence-corrected chi connectivity index (χ4v) is 1.47. The van der Waals surface area contributed by atoms with Crippen molar-refractivity contribution in [3.05, 3.63) is 47.7 Å². The molecule has 0 aliphatic rings. The zero-order valence-electron chi connectivity index (χ0n) is 10.2. The molecule has 0 fully saturated rings. The lowest BCUT2D eigenvalue weighted by molar-refractivity contribution is 0.0697. The first-order chi connectivity index (χ1) is 9.58. The van der Waals surface area contributed by atoms with Crippen molar-refractivity contribution in [1.29, 1.82) is 0 Å². The van der Waals surface area contributed by atoms with E-state index in [1.54, 1.807) is 0 Å². The Kier molecular flexibility index (Phi) is 3.80. The molecule has 0 saturated carbocycles. The second kappa shape index (κ2) is 5.70. The molecule has 0 bridgehead atoms. The van der Waals surface area contributed by atoms with Gasteiger partial charge < -0.3 is 15.3 Å². The number of aromatic hydroxyl groups is 2. The Labute approximate surface area is 113 Å². The Hall–Kier alpha value is -3.09. The van der Waals surface area contributed by atoms with Crippen molar-refractivity contribution >= 4 is 18.0 Å². The maximum atomic E-state index is 10.9. The predicted molar refractivity (Wildman–Crippen MR) is 72.2 cm³/mol. The first kappa shape index (κ1) is 13.3. The molecule has 1 aromatic heterocycles. The topological polar surface area (TPSA) is 115 Å². The largest absolute Gasteiger partial charge is 0.508 e. The van der Waals surface area contributed by atoms with Gasteiger partial charge in [0.1, 0.15) is 17.1 Å². The third-order valence-electron chi connectivity index (χ3n) is 2.43. The van der Waals surface area contributed by atoms with Crippen LogP contribution in [-0.4, -0.2) is 32.5 Å². The molecule has 7 nitrogen and oxygen atoms in total. The molecule has 4 N–H and O–H groups in total. The molecular formula is C13H11N3O4. The van der Waals surface area contributed by atoms with Crippen molar-refractivity contribution in [3.8, 4) is 11.5 Å². The summed E-state index contributed by atoms with van der Waals surface area (Å²) in [6.45, 7) is 0. The van der Waals surface area contributed by atoms with E-state index in [-0.39, 0.29) is 22.9 Å². The molecule has 1 aromatic carbocycles. The summed E-state index contributed by atoms with van der Waals surface area (Å²) in [6, 6.07) is 6.93. The molecule has 0 spiro atoms. The fraction of sp³-hybridized carbons (Fsp3) is 0. The Bertz CT molecular complexity index is 670. The second-order valence-corrected chi connectivity index (χ2v) is 3.82. The van der Waals surface area contributed by atoms with E-state index in [1.807, 2.05) is 0 Å². The SMILES string of the molecule is O=C(O)c1cccnc1N/N=C/c1ccc(O)cc1O. The molecule has 0 saturated heterocycles. The molecule has 0 unspecified atom stereocenters. The molecule has 1 heterocycles. The van der Waals surface area contributed by atoms with E-state index < -0.39 is 5.97 Å². The van der Waals surface area contributed by atoms with E-state index in [0.717, 1.165) is 0 Å². The van der Waals surface area contributed by atoms with Gasteiger partial charge in [0.25, 0.3) is 0 Å². The minimum absolute atomic E-state index is 0.0143. The minimum atomic E-state index is -1.12. The van der Waals surface area contributed by atoms with E-state index >= 15 is 0 Å². The highest BCUT2D eigenvalue weighted by Crippen LogP contribution is 2.21. The average Bonchev–Trinajstić information content (AvgIpc) is 2.41. The highest BCUT2D eigenvalue weighted by atomic mass is 16.4. The minimum Gasteiger partial charge on any atom is -0.508 e. The lowest BCUT2D eigenvalue weighted by Gasteiger charge is -2.03. The maximum absolute atomic E-state index is 10.9. The Morgan fingerprint density at radius 2 is 2.10 bits per heavy atom. The van der Waals surface area contributed by atoms with Gasteiger partial charge in [0.2, 0.25) is 0 Å². The number of carboxylic acid groups (broad SMARTS) is 1. The van der Waals surface area contributed by atoms with E-state index in [4.69, 9.17) is 10.2 Å². The lowest BCUT2D eigenvalue weighted by Crippen LogP contribution is -2.04. The Morgan fingerprint density at radius 1 is 1.30 bits per heavy atom. The van der Waals surface area contributed by atoms with E-state index in [1.165, 1.54) is 42.7 Å². The molecule has 0 atom stereocenters. The number of phenols is 2. The summed E-state index contributed by atoms with van der Waals surface area (Å²) in [6.07, 6.45) is 2.72. The van der Waals surface area contributed by atoms with Gasteiger partial charge in [-0.25, -0.2) is 9.78 Å². The molecule has 20 heavy (non-hydrogen) atoms. The van der Waals surface area contributed by atoms with E-state index in [0.29, 0.717) is 5.56 Å². The standard InChI is InChI=1S/C13H11N3O4/c17-9-4-3-8(11(18)6-9)7-15-16-12-10(13(19)20)2-1-5-14-12/h1-7,17-18H,(H,14,16)(H,19,20)/b15-7+. The van der Waals surface area contributed by atoms with Gasteiger partial charge in [-0.05, 0) is 24.3 Å².